The highest BCUT2D eigenvalue weighted by Gasteiger charge is 2.32. The van der Waals surface area contributed by atoms with Crippen molar-refractivity contribution in [3.05, 3.63) is 30.1 Å². The molecule has 1 aromatic heterocycles. The number of aromatic nitrogens is 1. The monoisotopic (exact) mass is 220 g/mol. The highest BCUT2D eigenvalue weighted by Crippen LogP contribution is 2.32. The van der Waals surface area contributed by atoms with Gasteiger partial charge in [0, 0.05) is 18.9 Å². The number of nitrogens with zero attached hydrogens (tertiary/aromatic N) is 1. The molecular formula is C13H20N2O. The smallest absolute Gasteiger partial charge is 0.0804 e. The Kier molecular flexibility index (Phi) is 3.91. The maximum atomic E-state index is 5.99. The van der Waals surface area contributed by atoms with Crippen molar-refractivity contribution in [1.82, 2.24) is 4.98 Å². The van der Waals surface area contributed by atoms with Crippen molar-refractivity contribution in [3.8, 4) is 0 Å². The molecule has 0 unspecified atom stereocenters. The predicted molar refractivity (Wildman–Crippen MR) is 64.1 cm³/mol. The van der Waals surface area contributed by atoms with Crippen LogP contribution in [0, 0.1) is 0 Å². The molecule has 0 saturated heterocycles. The molecule has 3 heteroatoms. The molecule has 1 aromatic rings. The summed E-state index contributed by atoms with van der Waals surface area (Å²) in [5.41, 5.74) is 7.01. The Morgan fingerprint density at radius 2 is 2.19 bits per heavy atom. The van der Waals surface area contributed by atoms with Crippen molar-refractivity contribution in [2.24, 2.45) is 5.73 Å². The number of rotatable bonds is 5. The molecule has 0 bridgehead atoms. The molecular weight excluding hydrogens is 200 g/mol. The fourth-order valence-corrected chi connectivity index (χ4v) is 2.36. The lowest BCUT2D eigenvalue weighted by Gasteiger charge is -2.27. The van der Waals surface area contributed by atoms with Crippen molar-refractivity contribution < 1.29 is 4.74 Å². The second kappa shape index (κ2) is 5.41. The molecule has 1 aliphatic carbocycles. The van der Waals surface area contributed by atoms with Gasteiger partial charge in [-0.25, -0.2) is 0 Å². The van der Waals surface area contributed by atoms with Gasteiger partial charge < -0.3 is 10.5 Å². The molecule has 1 fully saturated rings. The molecule has 3 nitrogen and oxygen atoms in total. The first kappa shape index (κ1) is 11.6. The van der Waals surface area contributed by atoms with Gasteiger partial charge >= 0.3 is 0 Å². The van der Waals surface area contributed by atoms with Gasteiger partial charge in [-0.15, -0.1) is 0 Å². The third-order valence-electron chi connectivity index (χ3n) is 3.41. The van der Waals surface area contributed by atoms with E-state index in [1.54, 1.807) is 6.20 Å². The molecule has 1 saturated carbocycles. The largest absolute Gasteiger partial charge is 0.373 e. The Morgan fingerprint density at radius 1 is 1.38 bits per heavy atom. The summed E-state index contributed by atoms with van der Waals surface area (Å²) in [5.74, 6) is 0. The minimum atomic E-state index is -0.0256. The fourth-order valence-electron chi connectivity index (χ4n) is 2.36. The maximum absolute atomic E-state index is 5.99. The zero-order valence-corrected chi connectivity index (χ0v) is 9.69. The van der Waals surface area contributed by atoms with Crippen LogP contribution in [-0.2, 0) is 11.2 Å². The molecule has 0 spiro atoms. The van der Waals surface area contributed by atoms with E-state index in [-0.39, 0.29) is 5.60 Å². The topological polar surface area (TPSA) is 48.1 Å². The quantitative estimate of drug-likeness (QED) is 0.824. The molecule has 0 aromatic carbocycles. The summed E-state index contributed by atoms with van der Waals surface area (Å²) >= 11 is 0. The van der Waals surface area contributed by atoms with Crippen LogP contribution in [0.5, 0.6) is 0 Å². The van der Waals surface area contributed by atoms with Gasteiger partial charge in [0.15, 0.2) is 0 Å². The van der Waals surface area contributed by atoms with Gasteiger partial charge in [0.05, 0.1) is 12.2 Å². The molecule has 0 aliphatic heterocycles. The van der Waals surface area contributed by atoms with Crippen LogP contribution in [0.3, 0.4) is 0 Å². The number of hydrogen-bond donors (Lipinski definition) is 1. The van der Waals surface area contributed by atoms with Gasteiger partial charge in [-0.2, -0.15) is 0 Å². The summed E-state index contributed by atoms with van der Waals surface area (Å²) in [6.45, 7) is 1.41. The van der Waals surface area contributed by atoms with E-state index in [1.165, 1.54) is 18.4 Å². The number of ether oxygens (including phenoxy) is 1. The third kappa shape index (κ3) is 2.80. The summed E-state index contributed by atoms with van der Waals surface area (Å²) in [7, 11) is 0. The Labute approximate surface area is 97.0 Å². The lowest BCUT2D eigenvalue weighted by molar-refractivity contribution is -0.0320. The van der Waals surface area contributed by atoms with E-state index < -0.39 is 0 Å². The van der Waals surface area contributed by atoms with Crippen molar-refractivity contribution in [2.75, 3.05) is 13.2 Å². The van der Waals surface area contributed by atoms with E-state index in [9.17, 15) is 0 Å². The van der Waals surface area contributed by atoms with Gasteiger partial charge in [0.2, 0.25) is 0 Å². The standard InChI is InChI=1S/C13H20N2O/c14-11-13(6-1-2-7-13)16-9-5-12-4-3-8-15-10-12/h3-4,8,10H,1-2,5-7,9,11,14H2. The van der Waals surface area contributed by atoms with Gasteiger partial charge in [-0.05, 0) is 30.9 Å². The van der Waals surface area contributed by atoms with E-state index in [1.807, 2.05) is 12.3 Å². The molecule has 16 heavy (non-hydrogen) atoms. The Bertz CT molecular complexity index is 307. The average molecular weight is 220 g/mol. The zero-order chi connectivity index (χ0) is 11.3. The van der Waals surface area contributed by atoms with E-state index in [2.05, 4.69) is 11.1 Å². The molecule has 88 valence electrons. The van der Waals surface area contributed by atoms with Crippen LogP contribution in [-0.4, -0.2) is 23.7 Å². The molecule has 1 heterocycles. The maximum Gasteiger partial charge on any atom is 0.0804 e. The van der Waals surface area contributed by atoms with Gasteiger partial charge in [-0.1, -0.05) is 18.9 Å². The highest BCUT2D eigenvalue weighted by atomic mass is 16.5. The minimum Gasteiger partial charge on any atom is -0.373 e. The van der Waals surface area contributed by atoms with Crippen LogP contribution in [0.15, 0.2) is 24.5 Å². The van der Waals surface area contributed by atoms with Crippen LogP contribution < -0.4 is 5.73 Å². The molecule has 2 N–H and O–H groups in total. The van der Waals surface area contributed by atoms with Gasteiger partial charge in [0.25, 0.3) is 0 Å². The first-order chi connectivity index (χ1) is 7.85. The SMILES string of the molecule is NCC1(OCCc2cccnc2)CCCC1. The van der Waals surface area contributed by atoms with Gasteiger partial charge in [-0.3, -0.25) is 4.98 Å². The lowest BCUT2D eigenvalue weighted by Crippen LogP contribution is -2.38. The third-order valence-corrected chi connectivity index (χ3v) is 3.41. The summed E-state index contributed by atoms with van der Waals surface area (Å²) in [6.07, 6.45) is 9.37. The minimum absolute atomic E-state index is 0.0256. The second-order valence-corrected chi connectivity index (χ2v) is 4.55. The van der Waals surface area contributed by atoms with E-state index in [0.29, 0.717) is 6.54 Å². The van der Waals surface area contributed by atoms with Crippen LogP contribution in [0.1, 0.15) is 31.2 Å². The molecule has 0 amide bonds. The Hall–Kier alpha value is -0.930. The Morgan fingerprint density at radius 3 is 2.81 bits per heavy atom. The van der Waals surface area contributed by atoms with Gasteiger partial charge in [0.1, 0.15) is 0 Å². The normalized spacial score (nSPS) is 18.8. The zero-order valence-electron chi connectivity index (χ0n) is 9.69. The summed E-state index contributed by atoms with van der Waals surface area (Å²) in [5, 5.41) is 0. The highest BCUT2D eigenvalue weighted by molar-refractivity contribution is 5.08. The summed E-state index contributed by atoms with van der Waals surface area (Å²) in [6, 6.07) is 4.05. The molecule has 0 atom stereocenters. The summed E-state index contributed by atoms with van der Waals surface area (Å²) < 4.78 is 5.99. The molecule has 1 aliphatic rings. The predicted octanol–water partition coefficient (Wildman–Crippen LogP) is 1.91. The molecule has 2 rings (SSSR count). The van der Waals surface area contributed by atoms with E-state index >= 15 is 0 Å². The van der Waals surface area contributed by atoms with E-state index in [0.717, 1.165) is 25.9 Å². The lowest BCUT2D eigenvalue weighted by atomic mass is 10.0. The van der Waals surface area contributed by atoms with E-state index in [4.69, 9.17) is 10.5 Å². The number of pyridine rings is 1. The van der Waals surface area contributed by atoms with Crippen LogP contribution in [0.25, 0.3) is 0 Å². The molecule has 0 radical (unpaired) electrons. The van der Waals surface area contributed by atoms with Crippen molar-refractivity contribution >= 4 is 0 Å². The fraction of sp³-hybridized carbons (Fsp3) is 0.615. The van der Waals surface area contributed by atoms with Crippen LogP contribution >= 0.6 is 0 Å². The number of hydrogen-bond acceptors (Lipinski definition) is 3. The second-order valence-electron chi connectivity index (χ2n) is 4.55. The first-order valence-corrected chi connectivity index (χ1v) is 6.08. The number of nitrogens with two attached hydrogens (primary N) is 1. The van der Waals surface area contributed by atoms with Crippen molar-refractivity contribution in [1.29, 1.82) is 0 Å². The Balaban J connectivity index is 1.79. The van der Waals surface area contributed by atoms with Crippen molar-refractivity contribution in [2.45, 2.75) is 37.7 Å². The van der Waals surface area contributed by atoms with Crippen molar-refractivity contribution in [3.63, 3.8) is 0 Å². The first-order valence-electron chi connectivity index (χ1n) is 6.08. The summed E-state index contributed by atoms with van der Waals surface area (Å²) in [4.78, 5) is 4.09. The van der Waals surface area contributed by atoms with Crippen LogP contribution in [0.2, 0.25) is 0 Å². The van der Waals surface area contributed by atoms with Crippen LogP contribution in [0.4, 0.5) is 0 Å². The average Bonchev–Trinajstić information content (AvgIpc) is 2.80.